The lowest BCUT2D eigenvalue weighted by Crippen LogP contribution is -2.54. The third-order valence-electron chi connectivity index (χ3n) is 3.25. The molecule has 2 amide bonds. The van der Waals surface area contributed by atoms with Crippen molar-refractivity contribution in [3.05, 3.63) is 5.82 Å². The van der Waals surface area contributed by atoms with E-state index in [1.54, 1.807) is 4.90 Å². The van der Waals surface area contributed by atoms with Gasteiger partial charge in [-0.15, -0.1) is 10.2 Å². The number of amides is 2. The molecule has 0 aromatic carbocycles. The van der Waals surface area contributed by atoms with Gasteiger partial charge in [0.25, 0.3) is 0 Å². The summed E-state index contributed by atoms with van der Waals surface area (Å²) in [5, 5.41) is 22.2. The van der Waals surface area contributed by atoms with Gasteiger partial charge in [-0.25, -0.2) is 4.79 Å². The van der Waals surface area contributed by atoms with E-state index >= 15 is 0 Å². The lowest BCUT2D eigenvalue weighted by molar-refractivity contribution is -0.134. The first kappa shape index (κ1) is 14.2. The summed E-state index contributed by atoms with van der Waals surface area (Å²) in [6.45, 7) is 1.39. The van der Waals surface area contributed by atoms with Gasteiger partial charge in [0.05, 0.1) is 6.04 Å². The number of aromatic amines is 1. The zero-order valence-corrected chi connectivity index (χ0v) is 10.9. The summed E-state index contributed by atoms with van der Waals surface area (Å²) in [5.41, 5.74) is 5.85. The largest absolute Gasteiger partial charge is 0.465 e. The lowest BCUT2D eigenvalue weighted by atomic mass is 10.1. The van der Waals surface area contributed by atoms with Crippen LogP contribution in [0.25, 0.3) is 0 Å². The first-order chi connectivity index (χ1) is 9.58. The lowest BCUT2D eigenvalue weighted by Gasteiger charge is -2.34. The van der Waals surface area contributed by atoms with Crippen molar-refractivity contribution in [2.45, 2.75) is 18.9 Å². The van der Waals surface area contributed by atoms with E-state index in [2.05, 4.69) is 20.6 Å². The van der Waals surface area contributed by atoms with Gasteiger partial charge in [0.2, 0.25) is 5.91 Å². The summed E-state index contributed by atoms with van der Waals surface area (Å²) >= 11 is 0. The molecule has 0 saturated carbocycles. The fourth-order valence-electron chi connectivity index (χ4n) is 2.05. The first-order valence-corrected chi connectivity index (χ1v) is 6.32. The van der Waals surface area contributed by atoms with E-state index in [9.17, 15) is 9.59 Å². The Morgan fingerprint density at radius 2 is 1.95 bits per heavy atom. The number of rotatable bonds is 4. The Labute approximate surface area is 114 Å². The Morgan fingerprint density at radius 1 is 1.30 bits per heavy atom. The maximum atomic E-state index is 12.1. The normalized spacial score (nSPS) is 17.1. The second-order valence-corrected chi connectivity index (χ2v) is 4.57. The van der Waals surface area contributed by atoms with Crippen LogP contribution in [-0.4, -0.2) is 79.8 Å². The molecule has 1 aromatic rings. The zero-order valence-electron chi connectivity index (χ0n) is 10.9. The monoisotopic (exact) mass is 283 g/mol. The average molecular weight is 283 g/mol. The Kier molecular flexibility index (Phi) is 4.45. The number of aryl methyl sites for hydroxylation is 1. The summed E-state index contributed by atoms with van der Waals surface area (Å²) < 4.78 is 0. The molecule has 20 heavy (non-hydrogen) atoms. The molecule has 10 nitrogen and oxygen atoms in total. The standard InChI is InChI=1S/C10H17N7O3/c11-7(1-2-8-12-14-15-13-8)9(18)16-3-5-17(6-4-16)10(19)20/h7H,1-6,11H2,(H,19,20)(H,12,13,14,15). The van der Waals surface area contributed by atoms with Crippen LogP contribution in [0.3, 0.4) is 0 Å². The molecular formula is C10H17N7O3. The van der Waals surface area contributed by atoms with Crippen LogP contribution in [0.15, 0.2) is 0 Å². The highest BCUT2D eigenvalue weighted by Crippen LogP contribution is 2.06. The molecule has 10 heteroatoms. The minimum Gasteiger partial charge on any atom is -0.465 e. The maximum Gasteiger partial charge on any atom is 0.407 e. The van der Waals surface area contributed by atoms with Crippen LogP contribution in [0, 0.1) is 0 Å². The van der Waals surface area contributed by atoms with E-state index in [1.807, 2.05) is 0 Å². The average Bonchev–Trinajstić information content (AvgIpc) is 2.97. The van der Waals surface area contributed by atoms with Crippen LogP contribution in [-0.2, 0) is 11.2 Å². The number of carbonyl (C=O) groups excluding carboxylic acids is 1. The smallest absolute Gasteiger partial charge is 0.407 e. The highest BCUT2D eigenvalue weighted by atomic mass is 16.4. The number of nitrogens with two attached hydrogens (primary N) is 1. The van der Waals surface area contributed by atoms with Gasteiger partial charge in [0, 0.05) is 32.6 Å². The van der Waals surface area contributed by atoms with Gasteiger partial charge in [-0.2, -0.15) is 5.21 Å². The zero-order chi connectivity index (χ0) is 14.5. The van der Waals surface area contributed by atoms with Crippen molar-refractivity contribution >= 4 is 12.0 Å². The molecular weight excluding hydrogens is 266 g/mol. The van der Waals surface area contributed by atoms with Gasteiger partial charge < -0.3 is 20.6 Å². The van der Waals surface area contributed by atoms with Crippen molar-refractivity contribution in [3.63, 3.8) is 0 Å². The third kappa shape index (κ3) is 3.41. The number of H-pyrrole nitrogens is 1. The number of nitrogens with zero attached hydrogens (tertiary/aromatic N) is 5. The van der Waals surface area contributed by atoms with Crippen LogP contribution in [0.5, 0.6) is 0 Å². The first-order valence-electron chi connectivity index (χ1n) is 6.32. The second-order valence-electron chi connectivity index (χ2n) is 4.57. The van der Waals surface area contributed by atoms with E-state index in [4.69, 9.17) is 10.8 Å². The van der Waals surface area contributed by atoms with E-state index in [0.717, 1.165) is 0 Å². The molecule has 1 atom stereocenters. The minimum atomic E-state index is -0.960. The van der Waals surface area contributed by atoms with Crippen molar-refractivity contribution in [2.24, 2.45) is 5.73 Å². The number of hydrogen-bond donors (Lipinski definition) is 3. The summed E-state index contributed by atoms with van der Waals surface area (Å²) in [6.07, 6.45) is -0.0609. The summed E-state index contributed by atoms with van der Waals surface area (Å²) in [7, 11) is 0. The van der Waals surface area contributed by atoms with E-state index in [1.165, 1.54) is 4.90 Å². The Hall–Kier alpha value is -2.23. The second kappa shape index (κ2) is 6.28. The predicted octanol–water partition coefficient (Wildman–Crippen LogP) is -1.72. The number of aromatic nitrogens is 4. The van der Waals surface area contributed by atoms with Gasteiger partial charge in [0.15, 0.2) is 5.82 Å². The molecule has 0 spiro atoms. The topological polar surface area (TPSA) is 141 Å². The van der Waals surface area contributed by atoms with Crippen LogP contribution >= 0.6 is 0 Å². The molecule has 0 aliphatic carbocycles. The number of nitrogens with one attached hydrogen (secondary N) is 1. The fourth-order valence-corrected chi connectivity index (χ4v) is 2.05. The highest BCUT2D eigenvalue weighted by molar-refractivity contribution is 5.82. The van der Waals surface area contributed by atoms with Gasteiger partial charge in [0.1, 0.15) is 0 Å². The van der Waals surface area contributed by atoms with E-state index in [-0.39, 0.29) is 5.91 Å². The molecule has 0 radical (unpaired) electrons. The minimum absolute atomic E-state index is 0.168. The van der Waals surface area contributed by atoms with Crippen molar-refractivity contribution in [3.8, 4) is 0 Å². The number of hydrogen-bond acceptors (Lipinski definition) is 6. The molecule has 1 saturated heterocycles. The Balaban J connectivity index is 1.77. The molecule has 2 heterocycles. The Bertz CT molecular complexity index is 455. The molecule has 1 fully saturated rings. The highest BCUT2D eigenvalue weighted by Gasteiger charge is 2.26. The van der Waals surface area contributed by atoms with Crippen LogP contribution < -0.4 is 5.73 Å². The number of tetrazole rings is 1. The molecule has 4 N–H and O–H groups in total. The number of carbonyl (C=O) groups is 2. The molecule has 2 rings (SSSR count). The third-order valence-corrected chi connectivity index (χ3v) is 3.25. The van der Waals surface area contributed by atoms with Gasteiger partial charge >= 0.3 is 6.09 Å². The number of carboxylic acid groups (broad SMARTS) is 1. The summed E-state index contributed by atoms with van der Waals surface area (Å²) in [4.78, 5) is 25.8. The van der Waals surface area contributed by atoms with E-state index in [0.29, 0.717) is 44.8 Å². The van der Waals surface area contributed by atoms with Crippen molar-refractivity contribution in [1.29, 1.82) is 0 Å². The quantitative estimate of drug-likeness (QED) is 0.596. The van der Waals surface area contributed by atoms with Gasteiger partial charge in [-0.05, 0) is 6.42 Å². The SMILES string of the molecule is NC(CCc1nn[nH]n1)C(=O)N1CCN(C(=O)O)CC1. The van der Waals surface area contributed by atoms with Crippen LogP contribution in [0.2, 0.25) is 0 Å². The molecule has 110 valence electrons. The fraction of sp³-hybridized carbons (Fsp3) is 0.700. The number of piperazine rings is 1. The van der Waals surface area contributed by atoms with Crippen molar-refractivity contribution in [1.82, 2.24) is 30.4 Å². The Morgan fingerprint density at radius 3 is 2.50 bits per heavy atom. The molecule has 1 aliphatic rings. The van der Waals surface area contributed by atoms with E-state index < -0.39 is 12.1 Å². The van der Waals surface area contributed by atoms with Crippen LogP contribution in [0.1, 0.15) is 12.2 Å². The van der Waals surface area contributed by atoms with Crippen LogP contribution in [0.4, 0.5) is 4.79 Å². The molecule has 1 unspecified atom stereocenters. The maximum absolute atomic E-state index is 12.1. The molecule has 0 bridgehead atoms. The van der Waals surface area contributed by atoms with Crippen molar-refractivity contribution in [2.75, 3.05) is 26.2 Å². The molecule has 1 aliphatic heterocycles. The van der Waals surface area contributed by atoms with Crippen molar-refractivity contribution < 1.29 is 14.7 Å². The summed E-state index contributed by atoms with van der Waals surface area (Å²) in [6, 6.07) is -0.634. The molecule has 1 aromatic heterocycles. The predicted molar refractivity (Wildman–Crippen MR) is 66.7 cm³/mol. The van der Waals surface area contributed by atoms with Gasteiger partial charge in [-0.3, -0.25) is 4.79 Å². The summed E-state index contributed by atoms with van der Waals surface area (Å²) in [5.74, 6) is 0.350. The van der Waals surface area contributed by atoms with Gasteiger partial charge in [-0.1, -0.05) is 5.21 Å².